The fraction of sp³-hybridized carbons (Fsp3) is 0.556. The Balaban J connectivity index is 0. The van der Waals surface area contributed by atoms with E-state index < -0.39 is 5.97 Å². The summed E-state index contributed by atoms with van der Waals surface area (Å²) in [6, 6.07) is 0. The minimum Gasteiger partial charge on any atom is -0.481 e. The highest BCUT2D eigenvalue weighted by atomic mass is 16.5. The number of ether oxygens (including phenoxy) is 2. The van der Waals surface area contributed by atoms with Crippen LogP contribution in [0.3, 0.4) is 0 Å². The topological polar surface area (TPSA) is 72.8 Å². The first kappa shape index (κ1) is 15.1. The van der Waals surface area contributed by atoms with Gasteiger partial charge >= 0.3 is 11.9 Å². The fourth-order valence-electron chi connectivity index (χ4n) is 0.364. The molecular formula is C9H16O5. The standard InChI is InChI=1S/C5H8O2.C4H8O3/c1-4(2)5(6)7-3;1-7-3-2-4(5)6/h1H2,2-3H3;2-3H2,1H3,(H,5,6). The highest BCUT2D eigenvalue weighted by molar-refractivity contribution is 5.86. The Kier molecular flexibility index (Phi) is 10.5. The van der Waals surface area contributed by atoms with Crippen molar-refractivity contribution in [2.45, 2.75) is 13.3 Å². The van der Waals surface area contributed by atoms with Gasteiger partial charge < -0.3 is 14.6 Å². The summed E-state index contributed by atoms with van der Waals surface area (Å²) in [5.41, 5.74) is 0.433. The van der Waals surface area contributed by atoms with Gasteiger partial charge in [-0.25, -0.2) is 4.79 Å². The van der Waals surface area contributed by atoms with Gasteiger partial charge in [-0.1, -0.05) is 6.58 Å². The molecule has 0 rings (SSSR count). The number of aliphatic carboxylic acids is 1. The van der Waals surface area contributed by atoms with E-state index in [1.807, 2.05) is 0 Å². The van der Waals surface area contributed by atoms with Crippen molar-refractivity contribution in [1.29, 1.82) is 0 Å². The van der Waals surface area contributed by atoms with Crippen LogP contribution < -0.4 is 0 Å². The maximum Gasteiger partial charge on any atom is 0.332 e. The molecule has 0 heterocycles. The van der Waals surface area contributed by atoms with Gasteiger partial charge in [0, 0.05) is 12.7 Å². The summed E-state index contributed by atoms with van der Waals surface area (Å²) < 4.78 is 8.74. The van der Waals surface area contributed by atoms with E-state index >= 15 is 0 Å². The number of esters is 1. The molecule has 0 aromatic rings. The summed E-state index contributed by atoms with van der Waals surface area (Å²) in [6.07, 6.45) is 0.0938. The molecule has 0 atom stereocenters. The molecule has 0 spiro atoms. The van der Waals surface area contributed by atoms with Crippen molar-refractivity contribution in [2.75, 3.05) is 20.8 Å². The van der Waals surface area contributed by atoms with Crippen molar-refractivity contribution in [1.82, 2.24) is 0 Å². The Morgan fingerprint density at radius 3 is 1.93 bits per heavy atom. The molecule has 0 radical (unpaired) electrons. The van der Waals surface area contributed by atoms with Crippen LogP contribution in [0.2, 0.25) is 0 Å². The minimum atomic E-state index is -0.818. The molecule has 0 bridgehead atoms. The zero-order valence-electron chi connectivity index (χ0n) is 8.70. The molecule has 0 saturated heterocycles. The maximum absolute atomic E-state index is 10.2. The van der Waals surface area contributed by atoms with Crippen LogP contribution in [0.25, 0.3) is 0 Å². The largest absolute Gasteiger partial charge is 0.481 e. The number of carbonyl (C=O) groups is 2. The molecule has 0 aliphatic carbocycles. The van der Waals surface area contributed by atoms with Gasteiger partial charge in [0.1, 0.15) is 0 Å². The number of hydrogen-bond donors (Lipinski definition) is 1. The van der Waals surface area contributed by atoms with Gasteiger partial charge in [-0.2, -0.15) is 0 Å². The van der Waals surface area contributed by atoms with Crippen LogP contribution in [0.5, 0.6) is 0 Å². The van der Waals surface area contributed by atoms with Crippen LogP contribution in [0, 0.1) is 0 Å². The molecule has 0 aliphatic rings. The summed E-state index contributed by atoms with van der Waals surface area (Å²) in [5.74, 6) is -1.16. The number of carboxylic acids is 1. The third kappa shape index (κ3) is 13.2. The van der Waals surface area contributed by atoms with Crippen molar-refractivity contribution < 1.29 is 24.2 Å². The number of carboxylic acid groups (broad SMARTS) is 1. The third-order valence-corrected chi connectivity index (χ3v) is 1.05. The minimum absolute atomic E-state index is 0.0938. The first-order chi connectivity index (χ1) is 6.45. The predicted molar refractivity (Wildman–Crippen MR) is 51.0 cm³/mol. The van der Waals surface area contributed by atoms with E-state index in [9.17, 15) is 9.59 Å². The molecule has 0 aromatic carbocycles. The van der Waals surface area contributed by atoms with Crippen molar-refractivity contribution in [3.63, 3.8) is 0 Å². The Bertz CT molecular complexity index is 197. The lowest BCUT2D eigenvalue weighted by atomic mass is 10.4. The Hall–Kier alpha value is -1.36. The molecule has 0 aromatic heterocycles. The van der Waals surface area contributed by atoms with E-state index in [0.717, 1.165) is 0 Å². The lowest BCUT2D eigenvalue weighted by Gasteiger charge is -1.91. The number of methoxy groups -OCH3 is 2. The smallest absolute Gasteiger partial charge is 0.332 e. The second-order valence-corrected chi connectivity index (χ2v) is 2.41. The van der Waals surface area contributed by atoms with E-state index in [2.05, 4.69) is 16.1 Å². The fourth-order valence-corrected chi connectivity index (χ4v) is 0.364. The van der Waals surface area contributed by atoms with Crippen molar-refractivity contribution in [2.24, 2.45) is 0 Å². The van der Waals surface area contributed by atoms with E-state index in [1.54, 1.807) is 6.92 Å². The quantitative estimate of drug-likeness (QED) is 0.542. The van der Waals surface area contributed by atoms with E-state index in [-0.39, 0.29) is 12.4 Å². The number of rotatable bonds is 4. The first-order valence-corrected chi connectivity index (χ1v) is 3.90. The summed E-state index contributed by atoms with van der Waals surface area (Å²) in [5, 5.41) is 7.96. The molecule has 0 amide bonds. The third-order valence-electron chi connectivity index (χ3n) is 1.05. The van der Waals surface area contributed by atoms with Gasteiger partial charge in [0.2, 0.25) is 0 Å². The lowest BCUT2D eigenvalue weighted by molar-refractivity contribution is -0.138. The molecular weight excluding hydrogens is 188 g/mol. The average Bonchev–Trinajstić information content (AvgIpc) is 2.14. The van der Waals surface area contributed by atoms with Gasteiger partial charge in [-0.3, -0.25) is 4.79 Å². The van der Waals surface area contributed by atoms with Crippen LogP contribution >= 0.6 is 0 Å². The molecule has 5 nitrogen and oxygen atoms in total. The van der Waals surface area contributed by atoms with Gasteiger partial charge in [0.15, 0.2) is 0 Å². The van der Waals surface area contributed by atoms with Crippen LogP contribution in [0.1, 0.15) is 13.3 Å². The second kappa shape index (κ2) is 9.73. The number of hydrogen-bond acceptors (Lipinski definition) is 4. The Labute approximate surface area is 83.3 Å². The van der Waals surface area contributed by atoms with Crippen LogP contribution in [-0.2, 0) is 19.1 Å². The maximum atomic E-state index is 10.2. The van der Waals surface area contributed by atoms with E-state index in [1.165, 1.54) is 14.2 Å². The molecule has 5 heteroatoms. The number of carbonyl (C=O) groups excluding carboxylic acids is 1. The van der Waals surface area contributed by atoms with Gasteiger partial charge in [-0.05, 0) is 6.92 Å². The second-order valence-electron chi connectivity index (χ2n) is 2.41. The van der Waals surface area contributed by atoms with Gasteiger partial charge in [-0.15, -0.1) is 0 Å². The first-order valence-electron chi connectivity index (χ1n) is 3.90. The van der Waals surface area contributed by atoms with Crippen molar-refractivity contribution in [3.8, 4) is 0 Å². The zero-order valence-corrected chi connectivity index (χ0v) is 8.70. The van der Waals surface area contributed by atoms with E-state index in [0.29, 0.717) is 12.2 Å². The molecule has 0 saturated carbocycles. The molecule has 1 N–H and O–H groups in total. The van der Waals surface area contributed by atoms with Crippen LogP contribution in [0.4, 0.5) is 0 Å². The predicted octanol–water partition coefficient (Wildman–Crippen LogP) is 0.843. The summed E-state index contributed by atoms with van der Waals surface area (Å²) in [7, 11) is 2.81. The van der Waals surface area contributed by atoms with Crippen molar-refractivity contribution >= 4 is 11.9 Å². The summed E-state index contributed by atoms with van der Waals surface area (Å²) >= 11 is 0. The molecule has 0 aliphatic heterocycles. The summed E-state index contributed by atoms with van der Waals surface area (Å²) in [6.45, 7) is 5.26. The summed E-state index contributed by atoms with van der Waals surface area (Å²) in [4.78, 5) is 19.9. The Morgan fingerprint density at radius 1 is 1.36 bits per heavy atom. The van der Waals surface area contributed by atoms with Crippen LogP contribution in [-0.4, -0.2) is 37.9 Å². The highest BCUT2D eigenvalue weighted by Gasteiger charge is 1.95. The SMILES string of the molecule is C=C(C)C(=O)OC.COCCC(=O)O. The van der Waals surface area contributed by atoms with Crippen molar-refractivity contribution in [3.05, 3.63) is 12.2 Å². The normalized spacial score (nSPS) is 8.21. The van der Waals surface area contributed by atoms with Gasteiger partial charge in [0.25, 0.3) is 0 Å². The van der Waals surface area contributed by atoms with Gasteiger partial charge in [0.05, 0.1) is 20.1 Å². The molecule has 14 heavy (non-hydrogen) atoms. The zero-order chi connectivity index (χ0) is 11.6. The molecule has 82 valence electrons. The average molecular weight is 204 g/mol. The highest BCUT2D eigenvalue weighted by Crippen LogP contribution is 1.87. The molecule has 0 fully saturated rings. The van der Waals surface area contributed by atoms with Crippen LogP contribution in [0.15, 0.2) is 12.2 Å². The monoisotopic (exact) mass is 204 g/mol. The van der Waals surface area contributed by atoms with E-state index in [4.69, 9.17) is 5.11 Å². The Morgan fingerprint density at radius 2 is 1.86 bits per heavy atom. The lowest BCUT2D eigenvalue weighted by Crippen LogP contribution is -1.99. The molecule has 0 unspecified atom stereocenters.